The molecule has 142 valence electrons. The summed E-state index contributed by atoms with van der Waals surface area (Å²) in [5.41, 5.74) is 2.08. The van der Waals surface area contributed by atoms with E-state index in [2.05, 4.69) is 11.8 Å². The minimum Gasteiger partial charge on any atom is -0.379 e. The maximum absolute atomic E-state index is 12.5. The zero-order valence-corrected chi connectivity index (χ0v) is 15.8. The van der Waals surface area contributed by atoms with E-state index in [4.69, 9.17) is 4.74 Å². The average Bonchev–Trinajstić information content (AvgIpc) is 2.67. The van der Waals surface area contributed by atoms with Gasteiger partial charge in [0.25, 0.3) is 0 Å². The molecule has 2 saturated heterocycles. The molecule has 6 heteroatoms. The number of ether oxygens (including phenoxy) is 1. The fraction of sp³-hybridized carbons (Fsp3) is 0.600. The maximum Gasteiger partial charge on any atom is 0.246 e. The number of morpholine rings is 1. The first-order valence-corrected chi connectivity index (χ1v) is 9.51. The third-order valence-electron chi connectivity index (χ3n) is 5.36. The van der Waals surface area contributed by atoms with E-state index >= 15 is 0 Å². The Morgan fingerprint density at radius 3 is 2.46 bits per heavy atom. The third-order valence-corrected chi connectivity index (χ3v) is 5.36. The third kappa shape index (κ3) is 4.62. The van der Waals surface area contributed by atoms with Crippen molar-refractivity contribution in [3.8, 4) is 0 Å². The Hall–Kier alpha value is -1.92. The quantitative estimate of drug-likeness (QED) is 0.803. The number of hydrogen-bond acceptors (Lipinski definition) is 4. The topological polar surface area (TPSA) is 53.1 Å². The Morgan fingerprint density at radius 1 is 1.12 bits per heavy atom. The van der Waals surface area contributed by atoms with E-state index in [0.717, 1.165) is 38.4 Å². The molecular weight excluding hydrogens is 330 g/mol. The van der Waals surface area contributed by atoms with Crippen LogP contribution < -0.4 is 4.90 Å². The fourth-order valence-electron chi connectivity index (χ4n) is 3.58. The lowest BCUT2D eigenvalue weighted by Gasteiger charge is -2.35. The van der Waals surface area contributed by atoms with Gasteiger partial charge in [-0.05, 0) is 32.4 Å². The number of amides is 2. The molecule has 26 heavy (non-hydrogen) atoms. The molecule has 1 aromatic rings. The lowest BCUT2D eigenvalue weighted by Crippen LogP contribution is -2.52. The van der Waals surface area contributed by atoms with E-state index in [1.54, 1.807) is 9.80 Å². The van der Waals surface area contributed by atoms with Crippen molar-refractivity contribution in [1.82, 2.24) is 9.80 Å². The first-order chi connectivity index (χ1) is 12.5. The van der Waals surface area contributed by atoms with Crippen molar-refractivity contribution in [3.63, 3.8) is 0 Å². The second-order valence-corrected chi connectivity index (χ2v) is 7.23. The first-order valence-electron chi connectivity index (χ1n) is 9.51. The predicted octanol–water partition coefficient (Wildman–Crippen LogP) is 1.67. The van der Waals surface area contributed by atoms with Gasteiger partial charge < -0.3 is 14.5 Å². The van der Waals surface area contributed by atoms with Gasteiger partial charge in [0.1, 0.15) is 6.54 Å². The van der Waals surface area contributed by atoms with Crippen molar-refractivity contribution in [2.24, 2.45) is 0 Å². The molecule has 2 fully saturated rings. The number of benzene rings is 1. The van der Waals surface area contributed by atoms with Gasteiger partial charge in [0, 0.05) is 44.3 Å². The number of aryl methyl sites for hydroxylation is 1. The lowest BCUT2D eigenvalue weighted by molar-refractivity contribution is -0.137. The standard InChI is InChI=1S/C20H29N3O3/c1-16-3-6-18(7-4-16)23-10-9-22(15-20(23)25)19(24)8-5-17(2)21-11-13-26-14-12-21/h3-4,6-7,17H,5,8-15H2,1-2H3/t17-/m0/s1. The lowest BCUT2D eigenvalue weighted by atomic mass is 10.1. The molecule has 2 aliphatic rings. The van der Waals surface area contributed by atoms with Crippen LogP contribution >= 0.6 is 0 Å². The number of hydrogen-bond donors (Lipinski definition) is 0. The Morgan fingerprint density at radius 2 is 1.81 bits per heavy atom. The van der Waals surface area contributed by atoms with Crippen LogP contribution in [0.2, 0.25) is 0 Å². The van der Waals surface area contributed by atoms with Crippen LogP contribution in [0.5, 0.6) is 0 Å². The van der Waals surface area contributed by atoms with Crippen molar-refractivity contribution >= 4 is 17.5 Å². The number of nitrogens with zero attached hydrogens (tertiary/aromatic N) is 3. The Balaban J connectivity index is 1.47. The second-order valence-electron chi connectivity index (χ2n) is 7.23. The number of carbonyl (C=O) groups excluding carboxylic acids is 2. The SMILES string of the molecule is Cc1ccc(N2CCN(C(=O)CC[C@H](C)N3CCOCC3)CC2=O)cc1. The summed E-state index contributed by atoms with van der Waals surface area (Å²) in [4.78, 5) is 30.9. The van der Waals surface area contributed by atoms with Crippen LogP contribution in [0, 0.1) is 6.92 Å². The van der Waals surface area contributed by atoms with Gasteiger partial charge in [-0.1, -0.05) is 17.7 Å². The second kappa shape index (κ2) is 8.64. The summed E-state index contributed by atoms with van der Waals surface area (Å²) in [6, 6.07) is 8.32. The molecule has 0 unspecified atom stereocenters. The van der Waals surface area contributed by atoms with Gasteiger partial charge in [-0.3, -0.25) is 14.5 Å². The average molecular weight is 359 g/mol. The molecule has 1 aromatic carbocycles. The first kappa shape index (κ1) is 18.9. The summed E-state index contributed by atoms with van der Waals surface area (Å²) < 4.78 is 5.38. The van der Waals surface area contributed by atoms with E-state index in [1.807, 2.05) is 31.2 Å². The van der Waals surface area contributed by atoms with Crippen LogP contribution in [0.4, 0.5) is 5.69 Å². The molecule has 0 aromatic heterocycles. The highest BCUT2D eigenvalue weighted by atomic mass is 16.5. The Kier molecular flexibility index (Phi) is 6.27. The van der Waals surface area contributed by atoms with Crippen LogP contribution in [0.25, 0.3) is 0 Å². The zero-order chi connectivity index (χ0) is 18.5. The van der Waals surface area contributed by atoms with E-state index in [9.17, 15) is 9.59 Å². The molecule has 3 rings (SSSR count). The molecule has 1 atom stereocenters. The van der Waals surface area contributed by atoms with E-state index in [-0.39, 0.29) is 18.4 Å². The van der Waals surface area contributed by atoms with Gasteiger partial charge in [-0.15, -0.1) is 0 Å². The normalized spacial score (nSPS) is 20.3. The van der Waals surface area contributed by atoms with Gasteiger partial charge in [0.15, 0.2) is 0 Å². The summed E-state index contributed by atoms with van der Waals surface area (Å²) in [7, 11) is 0. The van der Waals surface area contributed by atoms with Gasteiger partial charge >= 0.3 is 0 Å². The smallest absolute Gasteiger partial charge is 0.246 e. The van der Waals surface area contributed by atoms with Crippen molar-refractivity contribution in [2.75, 3.05) is 50.8 Å². The van der Waals surface area contributed by atoms with Crippen LogP contribution in [-0.4, -0.2) is 73.6 Å². The Labute approximate surface area is 155 Å². The van der Waals surface area contributed by atoms with Gasteiger partial charge in [0.2, 0.25) is 11.8 Å². The molecule has 0 bridgehead atoms. The van der Waals surface area contributed by atoms with E-state index < -0.39 is 0 Å². The highest BCUT2D eigenvalue weighted by Crippen LogP contribution is 2.19. The highest BCUT2D eigenvalue weighted by Gasteiger charge is 2.28. The number of anilines is 1. The van der Waals surface area contributed by atoms with E-state index in [1.165, 1.54) is 5.56 Å². The van der Waals surface area contributed by atoms with Crippen molar-refractivity contribution in [2.45, 2.75) is 32.7 Å². The summed E-state index contributed by atoms with van der Waals surface area (Å²) in [5.74, 6) is 0.0803. The molecule has 2 amide bonds. The van der Waals surface area contributed by atoms with Crippen LogP contribution in [0.1, 0.15) is 25.3 Å². The van der Waals surface area contributed by atoms with Gasteiger partial charge in [-0.25, -0.2) is 0 Å². The number of piperazine rings is 1. The van der Waals surface area contributed by atoms with Gasteiger partial charge in [-0.2, -0.15) is 0 Å². The Bertz CT molecular complexity index is 626. The molecule has 0 N–H and O–H groups in total. The fourth-order valence-corrected chi connectivity index (χ4v) is 3.58. The minimum atomic E-state index is -0.00493. The highest BCUT2D eigenvalue weighted by molar-refractivity contribution is 5.97. The molecule has 0 aliphatic carbocycles. The van der Waals surface area contributed by atoms with Crippen LogP contribution in [0.3, 0.4) is 0 Å². The minimum absolute atomic E-state index is 0.00493. The molecular formula is C20H29N3O3. The summed E-state index contributed by atoms with van der Waals surface area (Å²) in [6.07, 6.45) is 1.32. The van der Waals surface area contributed by atoms with Crippen LogP contribution in [-0.2, 0) is 14.3 Å². The summed E-state index contributed by atoms with van der Waals surface area (Å²) in [6.45, 7) is 8.95. The zero-order valence-electron chi connectivity index (χ0n) is 15.8. The molecule has 0 radical (unpaired) electrons. The predicted molar refractivity (Wildman–Crippen MR) is 101 cm³/mol. The van der Waals surface area contributed by atoms with Crippen molar-refractivity contribution in [3.05, 3.63) is 29.8 Å². The molecule has 0 saturated carbocycles. The van der Waals surface area contributed by atoms with Crippen molar-refractivity contribution in [1.29, 1.82) is 0 Å². The van der Waals surface area contributed by atoms with Crippen LogP contribution in [0.15, 0.2) is 24.3 Å². The van der Waals surface area contributed by atoms with E-state index in [0.29, 0.717) is 25.6 Å². The molecule has 2 heterocycles. The number of rotatable bonds is 5. The summed E-state index contributed by atoms with van der Waals surface area (Å²) in [5, 5.41) is 0. The maximum atomic E-state index is 12.5. The largest absolute Gasteiger partial charge is 0.379 e. The van der Waals surface area contributed by atoms with Gasteiger partial charge in [0.05, 0.1) is 13.2 Å². The summed E-state index contributed by atoms with van der Waals surface area (Å²) >= 11 is 0. The van der Waals surface area contributed by atoms with Crippen molar-refractivity contribution < 1.29 is 14.3 Å². The molecule has 6 nitrogen and oxygen atoms in total. The molecule has 2 aliphatic heterocycles. The molecule has 0 spiro atoms. The monoisotopic (exact) mass is 359 g/mol. The number of carbonyl (C=O) groups is 2.